The molecule has 0 spiro atoms. The first-order valence-corrected chi connectivity index (χ1v) is 12.5. The van der Waals surface area contributed by atoms with E-state index in [-0.39, 0.29) is 24.8 Å². The average Bonchev–Trinajstić information content (AvgIpc) is 3.31. The number of hydrogen-bond donors (Lipinski definition) is 3. The third-order valence-electron chi connectivity index (χ3n) is 5.64. The Kier molecular flexibility index (Phi) is 8.69. The number of carbonyl (C=O) groups is 1. The van der Waals surface area contributed by atoms with Crippen LogP contribution in [0.15, 0.2) is 53.7 Å². The van der Waals surface area contributed by atoms with Gasteiger partial charge in [-0.2, -0.15) is 0 Å². The summed E-state index contributed by atoms with van der Waals surface area (Å²) in [6, 6.07) is 15.5. The van der Waals surface area contributed by atoms with E-state index < -0.39 is 6.29 Å². The lowest BCUT2D eigenvalue weighted by atomic mass is 10.0. The number of tetrazole rings is 1. The van der Waals surface area contributed by atoms with E-state index in [0.717, 1.165) is 27.4 Å². The highest BCUT2D eigenvalue weighted by atomic mass is 32.2. The second kappa shape index (κ2) is 12.1. The summed E-state index contributed by atoms with van der Waals surface area (Å²) in [6.07, 6.45) is -0.109. The molecule has 186 valence electrons. The van der Waals surface area contributed by atoms with E-state index >= 15 is 0 Å². The van der Waals surface area contributed by atoms with Gasteiger partial charge in [-0.15, -0.1) is 5.10 Å². The molecule has 3 N–H and O–H groups in total. The summed E-state index contributed by atoms with van der Waals surface area (Å²) in [6.45, 7) is 2.90. The summed E-state index contributed by atoms with van der Waals surface area (Å²) in [7, 11) is 1.81. The Morgan fingerprint density at radius 3 is 2.46 bits per heavy atom. The monoisotopic (exact) mass is 498 g/mol. The number of aliphatic hydroxyl groups is 1. The molecule has 1 saturated heterocycles. The average molecular weight is 499 g/mol. The van der Waals surface area contributed by atoms with Crippen LogP contribution in [0.5, 0.6) is 0 Å². The zero-order valence-corrected chi connectivity index (χ0v) is 20.6. The van der Waals surface area contributed by atoms with Gasteiger partial charge in [-0.05, 0) is 34.0 Å². The van der Waals surface area contributed by atoms with Gasteiger partial charge in [-0.1, -0.05) is 60.3 Å². The zero-order chi connectivity index (χ0) is 24.6. The fourth-order valence-corrected chi connectivity index (χ4v) is 4.60. The van der Waals surface area contributed by atoms with Crippen molar-refractivity contribution in [3.8, 4) is 0 Å². The Bertz CT molecular complexity index is 1090. The molecule has 4 rings (SSSR count). The number of benzene rings is 2. The molecule has 0 aliphatic carbocycles. The Labute approximate surface area is 208 Å². The lowest BCUT2D eigenvalue weighted by Crippen LogP contribution is -2.34. The maximum atomic E-state index is 11.7. The molecule has 0 unspecified atom stereocenters. The molecule has 2 heterocycles. The Morgan fingerprint density at radius 1 is 1.09 bits per heavy atom. The minimum atomic E-state index is -0.542. The summed E-state index contributed by atoms with van der Waals surface area (Å²) >= 11 is 1.54. The van der Waals surface area contributed by atoms with Crippen molar-refractivity contribution < 1.29 is 19.4 Å². The molecule has 11 heteroatoms. The number of thioether (sulfide) groups is 1. The quantitative estimate of drug-likeness (QED) is 0.385. The van der Waals surface area contributed by atoms with E-state index in [9.17, 15) is 9.90 Å². The number of rotatable bonds is 9. The van der Waals surface area contributed by atoms with Crippen molar-refractivity contribution in [1.29, 1.82) is 0 Å². The molecule has 1 fully saturated rings. The van der Waals surface area contributed by atoms with Crippen LogP contribution in [0.25, 0.3) is 0 Å². The van der Waals surface area contributed by atoms with Gasteiger partial charge in [0.05, 0.1) is 18.8 Å². The number of urea groups is 1. The van der Waals surface area contributed by atoms with Crippen LogP contribution in [0.1, 0.15) is 48.0 Å². The van der Waals surface area contributed by atoms with Crippen LogP contribution < -0.4 is 10.6 Å². The van der Waals surface area contributed by atoms with Crippen LogP contribution in [-0.2, 0) is 29.7 Å². The number of nitrogens with zero attached hydrogens (tertiary/aromatic N) is 4. The Balaban J connectivity index is 1.47. The Hall–Kier alpha value is -2.99. The van der Waals surface area contributed by atoms with E-state index in [1.54, 1.807) is 16.4 Å². The van der Waals surface area contributed by atoms with Crippen molar-refractivity contribution in [3.05, 3.63) is 70.8 Å². The van der Waals surface area contributed by atoms with Crippen LogP contribution in [0.2, 0.25) is 0 Å². The molecule has 0 bridgehead atoms. The molecular weight excluding hydrogens is 468 g/mol. The fourth-order valence-electron chi connectivity index (χ4n) is 3.73. The first-order valence-electron chi connectivity index (χ1n) is 11.5. The maximum absolute atomic E-state index is 11.7. The number of aliphatic hydroxyl groups excluding tert-OH is 1. The highest BCUT2D eigenvalue weighted by molar-refractivity contribution is 7.99. The molecule has 1 aromatic heterocycles. The maximum Gasteiger partial charge on any atom is 0.315 e. The summed E-state index contributed by atoms with van der Waals surface area (Å²) in [4.78, 5) is 11.7. The van der Waals surface area contributed by atoms with Crippen molar-refractivity contribution in [2.24, 2.45) is 7.05 Å². The van der Waals surface area contributed by atoms with E-state index in [1.165, 1.54) is 0 Å². The number of aryl methyl sites for hydroxylation is 1. The van der Waals surface area contributed by atoms with E-state index in [2.05, 4.69) is 26.2 Å². The number of aromatic nitrogens is 4. The smallest absolute Gasteiger partial charge is 0.315 e. The predicted octanol–water partition coefficient (Wildman–Crippen LogP) is 2.86. The predicted molar refractivity (Wildman–Crippen MR) is 130 cm³/mol. The Morgan fingerprint density at radius 2 is 1.80 bits per heavy atom. The summed E-state index contributed by atoms with van der Waals surface area (Å²) in [5.41, 5.74) is 3.78. The molecule has 10 nitrogen and oxygen atoms in total. The van der Waals surface area contributed by atoms with E-state index in [4.69, 9.17) is 9.47 Å². The van der Waals surface area contributed by atoms with Crippen LogP contribution in [0.4, 0.5) is 4.79 Å². The molecule has 1 aliphatic rings. The lowest BCUT2D eigenvalue weighted by Gasteiger charge is -2.36. The molecule has 0 radical (unpaired) electrons. The van der Waals surface area contributed by atoms with Crippen molar-refractivity contribution in [3.63, 3.8) is 0 Å². The van der Waals surface area contributed by atoms with Gasteiger partial charge in [0.2, 0.25) is 5.16 Å². The fraction of sp³-hybridized carbons (Fsp3) is 0.417. The first kappa shape index (κ1) is 25.1. The summed E-state index contributed by atoms with van der Waals surface area (Å²) in [5.74, 6) is 0.674. The number of amides is 2. The third kappa shape index (κ3) is 6.79. The first-order chi connectivity index (χ1) is 17.1. The van der Waals surface area contributed by atoms with Crippen molar-refractivity contribution >= 4 is 17.8 Å². The number of ether oxygens (including phenoxy) is 2. The summed E-state index contributed by atoms with van der Waals surface area (Å²) in [5, 5.41) is 27.3. The zero-order valence-electron chi connectivity index (χ0n) is 19.8. The second-order valence-electron chi connectivity index (χ2n) is 8.20. The van der Waals surface area contributed by atoms with Crippen LogP contribution in [-0.4, -0.2) is 49.7 Å². The molecule has 3 atom stereocenters. The van der Waals surface area contributed by atoms with Crippen LogP contribution in [0, 0.1) is 0 Å². The topological polar surface area (TPSA) is 123 Å². The molecule has 0 saturated carbocycles. The number of carbonyl (C=O) groups excluding carboxylic acids is 1. The lowest BCUT2D eigenvalue weighted by molar-refractivity contribution is -0.245. The molecule has 35 heavy (non-hydrogen) atoms. The van der Waals surface area contributed by atoms with Gasteiger partial charge < -0.3 is 25.2 Å². The van der Waals surface area contributed by atoms with E-state index in [0.29, 0.717) is 25.3 Å². The van der Waals surface area contributed by atoms with Gasteiger partial charge in [0.1, 0.15) is 0 Å². The largest absolute Gasteiger partial charge is 0.392 e. The highest BCUT2D eigenvalue weighted by Gasteiger charge is 2.32. The molecule has 2 amide bonds. The van der Waals surface area contributed by atoms with Crippen LogP contribution >= 0.6 is 11.8 Å². The van der Waals surface area contributed by atoms with Gasteiger partial charge in [0.15, 0.2) is 6.29 Å². The van der Waals surface area contributed by atoms with Gasteiger partial charge in [0.25, 0.3) is 0 Å². The molecular formula is C24H30N6O4S. The molecule has 1 aliphatic heterocycles. The minimum Gasteiger partial charge on any atom is -0.392 e. The normalized spacial score (nSPS) is 19.9. The van der Waals surface area contributed by atoms with E-state index in [1.807, 2.05) is 62.5 Å². The van der Waals surface area contributed by atoms with Crippen molar-refractivity contribution in [2.75, 3.05) is 12.3 Å². The van der Waals surface area contributed by atoms with Gasteiger partial charge in [-0.3, -0.25) is 0 Å². The summed E-state index contributed by atoms with van der Waals surface area (Å²) < 4.78 is 14.3. The van der Waals surface area contributed by atoms with Gasteiger partial charge >= 0.3 is 6.03 Å². The molecule has 3 aromatic rings. The second-order valence-corrected chi connectivity index (χ2v) is 9.19. The SMILES string of the molecule is CCNC(=O)NCc1ccc([C@H]2O[C@@H](CSc3nnnn3C)C[C@@H](c3ccc(CO)cc3)O2)cc1. The number of hydrogen-bond acceptors (Lipinski definition) is 8. The highest BCUT2D eigenvalue weighted by Crippen LogP contribution is 2.39. The van der Waals surface area contributed by atoms with Crippen molar-refractivity contribution in [1.82, 2.24) is 30.8 Å². The number of nitrogens with one attached hydrogen (secondary N) is 2. The van der Waals surface area contributed by atoms with Gasteiger partial charge in [-0.25, -0.2) is 9.48 Å². The van der Waals surface area contributed by atoms with Crippen molar-refractivity contribution in [2.45, 2.75) is 50.2 Å². The van der Waals surface area contributed by atoms with Gasteiger partial charge in [0, 0.05) is 37.9 Å². The van der Waals surface area contributed by atoms with Crippen LogP contribution in [0.3, 0.4) is 0 Å². The third-order valence-corrected chi connectivity index (χ3v) is 6.78. The molecule has 2 aromatic carbocycles. The minimum absolute atomic E-state index is 0.00382. The standard InChI is InChI=1S/C24H30N6O4S/c1-3-25-23(32)26-13-16-4-10-19(11-5-16)22-33-20(15-35-24-27-28-29-30(24)2)12-21(34-22)18-8-6-17(14-31)7-9-18/h4-11,20-22,31H,3,12-15H2,1-2H3,(H2,25,26,32)/t20-,21+,22+/m1/s1.